The number of benzene rings is 1. The summed E-state index contributed by atoms with van der Waals surface area (Å²) in [5.74, 6) is 0.107. The number of fused-ring (bicyclic) bond motifs is 1. The van der Waals surface area contributed by atoms with Crippen LogP contribution in [0, 0.1) is 5.92 Å². The summed E-state index contributed by atoms with van der Waals surface area (Å²) >= 11 is 0. The summed E-state index contributed by atoms with van der Waals surface area (Å²) in [5.41, 5.74) is 0. The van der Waals surface area contributed by atoms with Crippen LogP contribution in [0.3, 0.4) is 0 Å². The van der Waals surface area contributed by atoms with E-state index in [2.05, 4.69) is 0 Å². The Morgan fingerprint density at radius 2 is 1.91 bits per heavy atom. The minimum absolute atomic E-state index is 0.0947. The number of hydrogen-bond donors (Lipinski definition) is 1. The van der Waals surface area contributed by atoms with Gasteiger partial charge >= 0.3 is 5.97 Å². The molecule has 3 atom stereocenters. The van der Waals surface area contributed by atoms with E-state index in [1.807, 2.05) is 30.3 Å². The van der Waals surface area contributed by atoms with Crippen LogP contribution in [0.5, 0.6) is 5.75 Å². The largest absolute Gasteiger partial charge is 0.493 e. The van der Waals surface area contributed by atoms with Gasteiger partial charge in [-0.25, -0.2) is 4.79 Å². The first-order chi connectivity index (χ1) is 11.2. The Labute approximate surface area is 136 Å². The van der Waals surface area contributed by atoms with Gasteiger partial charge in [0.2, 0.25) is 5.91 Å². The third-order valence-electron chi connectivity index (χ3n) is 4.99. The van der Waals surface area contributed by atoms with Gasteiger partial charge in [-0.05, 0) is 37.3 Å². The van der Waals surface area contributed by atoms with Crippen LogP contribution in [0.2, 0.25) is 0 Å². The van der Waals surface area contributed by atoms with Crippen molar-refractivity contribution >= 4 is 11.9 Å². The lowest BCUT2D eigenvalue weighted by molar-refractivity contribution is -0.150. The van der Waals surface area contributed by atoms with Crippen LogP contribution in [0.25, 0.3) is 0 Å². The monoisotopic (exact) mass is 317 g/mol. The van der Waals surface area contributed by atoms with Crippen LogP contribution >= 0.6 is 0 Å². The van der Waals surface area contributed by atoms with Gasteiger partial charge in [0.25, 0.3) is 0 Å². The van der Waals surface area contributed by atoms with Gasteiger partial charge in [-0.3, -0.25) is 4.79 Å². The summed E-state index contributed by atoms with van der Waals surface area (Å²) in [4.78, 5) is 25.8. The summed E-state index contributed by atoms with van der Waals surface area (Å²) in [5, 5.41) is 9.46. The highest BCUT2D eigenvalue weighted by atomic mass is 16.5. The summed E-state index contributed by atoms with van der Waals surface area (Å²) in [6.45, 7) is 0.281. The average molecular weight is 317 g/mol. The number of carboxylic acid groups (broad SMARTS) is 1. The molecule has 23 heavy (non-hydrogen) atoms. The number of ether oxygens (including phenoxy) is 1. The van der Waals surface area contributed by atoms with E-state index in [0.29, 0.717) is 12.3 Å². The van der Waals surface area contributed by atoms with E-state index < -0.39 is 12.0 Å². The molecule has 1 saturated carbocycles. The molecular formula is C18H23NO4. The van der Waals surface area contributed by atoms with Crippen molar-refractivity contribution in [1.29, 1.82) is 0 Å². The van der Waals surface area contributed by atoms with Gasteiger partial charge in [0, 0.05) is 6.04 Å². The zero-order chi connectivity index (χ0) is 16.2. The Morgan fingerprint density at radius 3 is 2.65 bits per heavy atom. The number of hydrogen-bond acceptors (Lipinski definition) is 3. The molecule has 1 aliphatic heterocycles. The van der Waals surface area contributed by atoms with E-state index in [9.17, 15) is 14.7 Å². The number of carbonyl (C=O) groups is 2. The molecule has 0 bridgehead atoms. The minimum Gasteiger partial charge on any atom is -0.493 e. The molecule has 2 fully saturated rings. The van der Waals surface area contributed by atoms with Crippen molar-refractivity contribution in [2.45, 2.75) is 50.6 Å². The van der Waals surface area contributed by atoms with E-state index in [1.165, 1.54) is 0 Å². The van der Waals surface area contributed by atoms with Gasteiger partial charge in [0.15, 0.2) is 0 Å². The van der Waals surface area contributed by atoms with Crippen molar-refractivity contribution in [3.8, 4) is 5.75 Å². The van der Waals surface area contributed by atoms with Gasteiger partial charge in [-0.1, -0.05) is 31.0 Å². The SMILES string of the molecule is O=C(O)C1CC2CCCCC2N1C(=O)CCOc1ccccc1. The number of amides is 1. The second-order valence-electron chi connectivity index (χ2n) is 6.41. The smallest absolute Gasteiger partial charge is 0.326 e. The molecule has 1 aromatic carbocycles. The van der Waals surface area contributed by atoms with Crippen molar-refractivity contribution in [1.82, 2.24) is 4.90 Å². The highest BCUT2D eigenvalue weighted by Crippen LogP contribution is 2.40. The lowest BCUT2D eigenvalue weighted by Crippen LogP contribution is -2.46. The highest BCUT2D eigenvalue weighted by Gasteiger charge is 2.47. The number of nitrogens with zero attached hydrogens (tertiary/aromatic N) is 1. The molecule has 5 heteroatoms. The second kappa shape index (κ2) is 7.02. The Hall–Kier alpha value is -2.04. The fraction of sp³-hybridized carbons (Fsp3) is 0.556. The van der Waals surface area contributed by atoms with Crippen molar-refractivity contribution in [3.63, 3.8) is 0 Å². The highest BCUT2D eigenvalue weighted by molar-refractivity contribution is 5.84. The quantitative estimate of drug-likeness (QED) is 0.907. The number of rotatable bonds is 5. The van der Waals surface area contributed by atoms with Crippen molar-refractivity contribution in [3.05, 3.63) is 30.3 Å². The number of likely N-dealkylation sites (tertiary alicyclic amines) is 1. The number of aliphatic carboxylic acids is 1. The summed E-state index contributed by atoms with van der Waals surface area (Å²) in [6.07, 6.45) is 5.02. The van der Waals surface area contributed by atoms with E-state index in [-0.39, 0.29) is 25.0 Å². The van der Waals surface area contributed by atoms with Gasteiger partial charge < -0.3 is 14.7 Å². The molecule has 1 heterocycles. The predicted octanol–water partition coefficient (Wildman–Crippen LogP) is 2.70. The zero-order valence-corrected chi connectivity index (χ0v) is 13.2. The van der Waals surface area contributed by atoms with Crippen LogP contribution in [0.4, 0.5) is 0 Å². The van der Waals surface area contributed by atoms with Gasteiger partial charge in [0.05, 0.1) is 13.0 Å². The molecule has 1 saturated heterocycles. The van der Waals surface area contributed by atoms with Crippen molar-refractivity contribution in [2.75, 3.05) is 6.61 Å². The first kappa shape index (κ1) is 15.8. The van der Waals surface area contributed by atoms with Crippen molar-refractivity contribution < 1.29 is 19.4 Å². The maximum absolute atomic E-state index is 12.6. The Bertz CT molecular complexity index is 559. The summed E-state index contributed by atoms with van der Waals surface area (Å²) in [7, 11) is 0. The number of carbonyl (C=O) groups excluding carboxylic acids is 1. The molecule has 2 aliphatic rings. The van der Waals surface area contributed by atoms with E-state index in [0.717, 1.165) is 31.4 Å². The molecule has 0 aromatic heterocycles. The normalized spacial score (nSPS) is 26.6. The minimum atomic E-state index is -0.878. The van der Waals surface area contributed by atoms with E-state index >= 15 is 0 Å². The standard InChI is InChI=1S/C18H23NO4/c20-17(10-11-23-14-7-2-1-3-8-14)19-15-9-5-4-6-13(15)12-16(19)18(21)22/h1-3,7-8,13,15-16H,4-6,9-12H2,(H,21,22). The second-order valence-corrected chi connectivity index (χ2v) is 6.41. The third-order valence-corrected chi connectivity index (χ3v) is 4.99. The number of para-hydroxylation sites is 1. The number of carboxylic acids is 1. The van der Waals surface area contributed by atoms with Gasteiger partial charge in [-0.2, -0.15) is 0 Å². The zero-order valence-electron chi connectivity index (χ0n) is 13.2. The van der Waals surface area contributed by atoms with Crippen molar-refractivity contribution in [2.24, 2.45) is 5.92 Å². The molecule has 5 nitrogen and oxygen atoms in total. The van der Waals surface area contributed by atoms with Gasteiger partial charge in [0.1, 0.15) is 11.8 Å². The maximum atomic E-state index is 12.6. The van der Waals surface area contributed by atoms with E-state index in [4.69, 9.17) is 4.74 Å². The molecule has 1 amide bonds. The van der Waals surface area contributed by atoms with E-state index in [1.54, 1.807) is 4.90 Å². The third kappa shape index (κ3) is 3.49. The first-order valence-electron chi connectivity index (χ1n) is 8.38. The predicted molar refractivity (Wildman–Crippen MR) is 85.2 cm³/mol. The molecule has 0 spiro atoms. The molecular weight excluding hydrogens is 294 g/mol. The lowest BCUT2D eigenvalue weighted by Gasteiger charge is -2.33. The maximum Gasteiger partial charge on any atom is 0.326 e. The van der Waals surface area contributed by atoms with Crippen LogP contribution in [0.15, 0.2) is 30.3 Å². The Kier molecular flexibility index (Phi) is 4.84. The van der Waals surface area contributed by atoms with Crippen LogP contribution in [-0.4, -0.2) is 40.6 Å². The lowest BCUT2D eigenvalue weighted by atomic mass is 9.84. The first-order valence-corrected chi connectivity index (χ1v) is 8.38. The molecule has 0 radical (unpaired) electrons. The summed E-state index contributed by atoms with van der Waals surface area (Å²) in [6, 6.07) is 8.80. The topological polar surface area (TPSA) is 66.8 Å². The van der Waals surface area contributed by atoms with Crippen LogP contribution < -0.4 is 4.74 Å². The molecule has 3 unspecified atom stereocenters. The average Bonchev–Trinajstić information content (AvgIpc) is 2.95. The molecule has 3 rings (SSSR count). The molecule has 1 aromatic rings. The van der Waals surface area contributed by atoms with Crippen LogP contribution in [0.1, 0.15) is 38.5 Å². The fourth-order valence-electron chi connectivity index (χ4n) is 3.94. The fourth-order valence-corrected chi connectivity index (χ4v) is 3.94. The molecule has 1 aliphatic carbocycles. The molecule has 1 N–H and O–H groups in total. The molecule has 124 valence electrons. The Balaban J connectivity index is 1.60. The summed E-state index contributed by atoms with van der Waals surface area (Å²) < 4.78 is 5.57. The van der Waals surface area contributed by atoms with Crippen LogP contribution in [-0.2, 0) is 9.59 Å². The Morgan fingerprint density at radius 1 is 1.17 bits per heavy atom. The van der Waals surface area contributed by atoms with Gasteiger partial charge in [-0.15, -0.1) is 0 Å².